The highest BCUT2D eigenvalue weighted by atomic mass is 16.5. The molecule has 0 bridgehead atoms. The van der Waals surface area contributed by atoms with Crippen molar-refractivity contribution in [1.29, 1.82) is 0 Å². The van der Waals surface area contributed by atoms with Crippen molar-refractivity contribution in [2.24, 2.45) is 0 Å². The van der Waals surface area contributed by atoms with Gasteiger partial charge in [-0.3, -0.25) is 9.59 Å². The number of methoxy groups -OCH3 is 2. The number of benzene rings is 4. The van der Waals surface area contributed by atoms with Gasteiger partial charge in [-0.15, -0.1) is 0 Å². The van der Waals surface area contributed by atoms with E-state index >= 15 is 0 Å². The summed E-state index contributed by atoms with van der Waals surface area (Å²) in [5, 5.41) is 0. The highest BCUT2D eigenvalue weighted by Gasteiger charge is 2.12. The number of carbonyl (C=O) groups is 3. The molecule has 314 valence electrons. The molecule has 0 heterocycles. The average Bonchev–Trinajstić information content (AvgIpc) is 3.26. The van der Waals surface area contributed by atoms with Gasteiger partial charge in [-0.05, 0) is 91.8 Å². The molecule has 0 aliphatic heterocycles. The first-order valence-electron chi connectivity index (χ1n) is 20.9. The summed E-state index contributed by atoms with van der Waals surface area (Å²) < 4.78 is 21.8. The van der Waals surface area contributed by atoms with E-state index in [0.717, 1.165) is 84.8 Å². The fourth-order valence-corrected chi connectivity index (χ4v) is 6.51. The number of hydrogen-bond donors (Lipinski definition) is 0. The minimum atomic E-state index is -0.517. The molecule has 0 unspecified atom stereocenters. The summed E-state index contributed by atoms with van der Waals surface area (Å²) in [5.41, 5.74) is 7.26. The molecule has 4 rings (SSSR count). The van der Waals surface area contributed by atoms with Crippen LogP contribution in [0.5, 0.6) is 11.5 Å². The second-order valence-corrected chi connectivity index (χ2v) is 14.6. The number of anilines is 2. The van der Waals surface area contributed by atoms with E-state index in [1.807, 2.05) is 12.1 Å². The van der Waals surface area contributed by atoms with E-state index in [-0.39, 0.29) is 12.4 Å². The van der Waals surface area contributed by atoms with E-state index in [9.17, 15) is 14.4 Å². The molecule has 0 amide bonds. The molecular weight excluding hydrogens is 741 g/mol. The lowest BCUT2D eigenvalue weighted by Crippen LogP contribution is -2.25. The molecule has 0 aromatic heterocycles. The fraction of sp³-hybridized carbons (Fsp3) is 0.380. The van der Waals surface area contributed by atoms with Crippen molar-refractivity contribution >= 4 is 53.4 Å². The van der Waals surface area contributed by atoms with Gasteiger partial charge in [0.1, 0.15) is 11.5 Å². The van der Waals surface area contributed by atoms with Crippen molar-refractivity contribution in [1.82, 2.24) is 0 Å². The Morgan fingerprint density at radius 3 is 1.59 bits per heavy atom. The molecule has 0 aliphatic carbocycles. The summed E-state index contributed by atoms with van der Waals surface area (Å²) in [6, 6.07) is 27.5. The molecule has 9 heteroatoms. The maximum Gasteiger partial charge on any atom is 0.338 e. The van der Waals surface area contributed by atoms with Crippen LogP contribution < -0.4 is 19.3 Å². The maximum absolute atomic E-state index is 12.4. The molecule has 0 aliphatic rings. The van der Waals surface area contributed by atoms with Gasteiger partial charge in [0.15, 0.2) is 12.4 Å². The highest BCUT2D eigenvalue weighted by Crippen LogP contribution is 2.32. The number of nitrogens with zero attached hydrogens (tertiary/aromatic N) is 2. The van der Waals surface area contributed by atoms with Gasteiger partial charge in [0.25, 0.3) is 0 Å². The normalized spacial score (nSPS) is 11.2. The first-order valence-corrected chi connectivity index (χ1v) is 20.9. The summed E-state index contributed by atoms with van der Waals surface area (Å²) >= 11 is 0. The summed E-state index contributed by atoms with van der Waals surface area (Å²) in [7, 11) is 5.49. The number of unbranched alkanes of at least 4 members (excludes halogenated alkanes) is 5. The van der Waals surface area contributed by atoms with Crippen molar-refractivity contribution < 1.29 is 33.3 Å². The first-order chi connectivity index (χ1) is 28.6. The van der Waals surface area contributed by atoms with Crippen LogP contribution in [0.4, 0.5) is 11.4 Å². The summed E-state index contributed by atoms with van der Waals surface area (Å²) in [4.78, 5) is 40.1. The maximum atomic E-state index is 12.4. The van der Waals surface area contributed by atoms with Gasteiger partial charge < -0.3 is 28.7 Å². The van der Waals surface area contributed by atoms with Crippen LogP contribution in [0, 0.1) is 0 Å². The number of carbonyl (C=O) groups excluding carboxylic acids is 3. The summed E-state index contributed by atoms with van der Waals surface area (Å²) in [6.45, 7) is 8.85. The second kappa shape index (κ2) is 24.8. The molecule has 4 aromatic carbocycles. The van der Waals surface area contributed by atoms with Crippen LogP contribution in [0.2, 0.25) is 0 Å². The van der Waals surface area contributed by atoms with E-state index in [2.05, 4.69) is 104 Å². The average molecular weight is 803 g/mol. The lowest BCUT2D eigenvalue weighted by atomic mass is 10.0. The van der Waals surface area contributed by atoms with Crippen LogP contribution in [0.3, 0.4) is 0 Å². The third-order valence-electron chi connectivity index (χ3n) is 10.1. The second-order valence-electron chi connectivity index (χ2n) is 14.6. The predicted molar refractivity (Wildman–Crippen MR) is 242 cm³/mol. The van der Waals surface area contributed by atoms with Gasteiger partial charge in [-0.25, -0.2) is 4.79 Å². The number of rotatable bonds is 25. The smallest absolute Gasteiger partial charge is 0.338 e. The van der Waals surface area contributed by atoms with Gasteiger partial charge in [-0.1, -0.05) is 93.8 Å². The van der Waals surface area contributed by atoms with Gasteiger partial charge in [-0.2, -0.15) is 0 Å². The third-order valence-corrected chi connectivity index (χ3v) is 10.1. The van der Waals surface area contributed by atoms with Crippen LogP contribution in [-0.2, 0) is 14.3 Å². The molecule has 59 heavy (non-hydrogen) atoms. The molecule has 0 spiro atoms. The Morgan fingerprint density at radius 1 is 0.576 bits per heavy atom. The zero-order valence-electron chi connectivity index (χ0n) is 35.8. The highest BCUT2D eigenvalue weighted by molar-refractivity contribution is 5.99. The quantitative estimate of drug-likeness (QED) is 0.0281. The van der Waals surface area contributed by atoms with E-state index in [0.29, 0.717) is 17.7 Å². The fourth-order valence-electron chi connectivity index (χ4n) is 6.51. The number of ketones is 1. The Hall–Kier alpha value is -5.83. The first kappa shape index (κ1) is 45.9. The molecule has 0 saturated carbocycles. The monoisotopic (exact) mass is 802 g/mol. The summed E-state index contributed by atoms with van der Waals surface area (Å²) in [6.07, 6.45) is 16.9. The molecule has 9 nitrogen and oxygen atoms in total. The van der Waals surface area contributed by atoms with Crippen LogP contribution >= 0.6 is 0 Å². The van der Waals surface area contributed by atoms with Crippen LogP contribution in [0.25, 0.3) is 24.3 Å². The number of esters is 2. The largest absolute Gasteiger partial charge is 0.496 e. The van der Waals surface area contributed by atoms with Gasteiger partial charge in [0.05, 0.1) is 26.4 Å². The van der Waals surface area contributed by atoms with Crippen molar-refractivity contribution in [3.63, 3.8) is 0 Å². The molecular formula is C50H62N2O7. The predicted octanol–water partition coefficient (Wildman–Crippen LogP) is 11.1. The Labute approximate surface area is 351 Å². The van der Waals surface area contributed by atoms with Crippen LogP contribution in [0.15, 0.2) is 84.9 Å². The van der Waals surface area contributed by atoms with E-state index in [1.165, 1.54) is 50.4 Å². The van der Waals surface area contributed by atoms with E-state index in [4.69, 9.17) is 18.9 Å². The minimum Gasteiger partial charge on any atom is -0.496 e. The lowest BCUT2D eigenvalue weighted by Gasteiger charge is -2.24. The van der Waals surface area contributed by atoms with Crippen molar-refractivity contribution in [3.8, 4) is 11.5 Å². The van der Waals surface area contributed by atoms with Crippen molar-refractivity contribution in [2.75, 3.05) is 63.9 Å². The van der Waals surface area contributed by atoms with E-state index in [1.54, 1.807) is 26.4 Å². The van der Waals surface area contributed by atoms with E-state index < -0.39 is 11.9 Å². The van der Waals surface area contributed by atoms with Crippen molar-refractivity contribution in [2.45, 2.75) is 72.1 Å². The molecule has 0 fully saturated rings. The van der Waals surface area contributed by atoms with Gasteiger partial charge in [0, 0.05) is 61.7 Å². The molecule has 0 radical (unpaired) electrons. The molecule has 0 saturated heterocycles. The topological polar surface area (TPSA) is 94.6 Å². The Morgan fingerprint density at radius 2 is 1.08 bits per heavy atom. The van der Waals surface area contributed by atoms with Crippen molar-refractivity contribution in [3.05, 3.63) is 118 Å². The zero-order valence-corrected chi connectivity index (χ0v) is 35.8. The lowest BCUT2D eigenvalue weighted by molar-refractivity contribution is -0.139. The minimum absolute atomic E-state index is 0.323. The van der Waals surface area contributed by atoms with Crippen LogP contribution in [-0.4, -0.2) is 71.8 Å². The SMILES string of the molecule is CCCCN(CCCC)c1ccc(C=Cc2cc(OC)c(C=Cc3ccc(N(C)CCCCCCOC(=O)c4ccc(C(=O)COC(C)=O)cc4)cc3)cc2OC)cc1. The Bertz CT molecular complexity index is 1960. The standard InChI is InChI=1S/C50H62N2O7/c1-7-9-32-52(33-10-8-2)46-29-19-40(20-30-46)16-22-44-36-48(56-5)43(35-49(44)57-6)21-15-39-17-27-45(28-18-39)51(4)31-13-11-12-14-34-58-50(55)42-25-23-41(24-26-42)47(54)37-59-38(3)53/h15-30,35-36H,7-14,31-34,37H2,1-6H3. The number of Topliss-reactive ketones (excluding diaryl/α,β-unsaturated/α-hetero) is 1. The number of ether oxygens (including phenoxy) is 4. The van der Waals surface area contributed by atoms with Gasteiger partial charge >= 0.3 is 11.9 Å². The van der Waals surface area contributed by atoms with Crippen LogP contribution in [0.1, 0.15) is 115 Å². The summed E-state index contributed by atoms with van der Waals surface area (Å²) in [5.74, 6) is 0.276. The third kappa shape index (κ3) is 15.1. The van der Waals surface area contributed by atoms with Gasteiger partial charge in [0.2, 0.25) is 0 Å². The Balaban J connectivity index is 1.22. The Kier molecular flexibility index (Phi) is 19.3. The molecule has 0 N–H and O–H groups in total. The number of hydrogen-bond acceptors (Lipinski definition) is 9. The molecule has 0 atom stereocenters. The zero-order chi connectivity index (χ0) is 42.4. The molecule has 4 aromatic rings.